The summed E-state index contributed by atoms with van der Waals surface area (Å²) in [5.41, 5.74) is 1.02. The quantitative estimate of drug-likeness (QED) is 0.393. The minimum absolute atomic E-state index is 0.0270. The highest BCUT2D eigenvalue weighted by Gasteiger charge is 2.16. The van der Waals surface area contributed by atoms with Gasteiger partial charge in [-0.25, -0.2) is 26.3 Å². The predicted octanol–water partition coefficient (Wildman–Crippen LogP) is 4.45. The smallest absolute Gasteiger partial charge is 0.267 e. The molecule has 0 saturated carbocycles. The van der Waals surface area contributed by atoms with Crippen LogP contribution in [0.15, 0.2) is 82.6 Å². The van der Waals surface area contributed by atoms with E-state index in [1.165, 1.54) is 48.7 Å². The summed E-state index contributed by atoms with van der Waals surface area (Å²) in [5, 5.41) is 4.15. The van der Waals surface area contributed by atoms with Gasteiger partial charge in [0, 0.05) is 17.9 Å². The summed E-state index contributed by atoms with van der Waals surface area (Å²) in [4.78, 5) is 13.5. The highest BCUT2D eigenvalue weighted by atomic mass is 32.2. The minimum Gasteiger partial charge on any atom is -0.267 e. The van der Waals surface area contributed by atoms with Gasteiger partial charge in [0.25, 0.3) is 5.56 Å². The number of hydrogen-bond donors (Lipinski definition) is 0. The lowest BCUT2D eigenvalue weighted by atomic mass is 9.97. The summed E-state index contributed by atoms with van der Waals surface area (Å²) in [6.07, 6.45) is 2.52. The molecule has 35 heavy (non-hydrogen) atoms. The fraction of sp³-hybridized carbons (Fsp3) is 0.0769. The summed E-state index contributed by atoms with van der Waals surface area (Å²) < 4.78 is 65.1. The van der Waals surface area contributed by atoms with E-state index in [0.717, 1.165) is 17.0 Å². The molecule has 0 radical (unpaired) electrons. The molecule has 0 N–H and O–H groups in total. The Hall–Kier alpha value is -4.16. The van der Waals surface area contributed by atoms with Crippen LogP contribution >= 0.6 is 0 Å². The normalized spacial score (nSPS) is 11.1. The van der Waals surface area contributed by atoms with Gasteiger partial charge in [-0.2, -0.15) is 5.10 Å². The highest BCUT2D eigenvalue weighted by molar-refractivity contribution is 7.90. The van der Waals surface area contributed by atoms with Crippen LogP contribution in [0.3, 0.4) is 0 Å². The zero-order valence-electron chi connectivity index (χ0n) is 18.3. The molecular formula is C26H17F3N2O3S. The molecule has 4 rings (SSSR count). The van der Waals surface area contributed by atoms with Crippen LogP contribution in [0.4, 0.5) is 13.2 Å². The average Bonchev–Trinajstić information content (AvgIpc) is 2.81. The third-order valence-electron chi connectivity index (χ3n) is 5.15. The lowest BCUT2D eigenvalue weighted by Crippen LogP contribution is -2.24. The van der Waals surface area contributed by atoms with Gasteiger partial charge in [0.15, 0.2) is 9.84 Å². The van der Waals surface area contributed by atoms with Crippen LogP contribution in [0.25, 0.3) is 22.3 Å². The molecule has 0 aliphatic heterocycles. The summed E-state index contributed by atoms with van der Waals surface area (Å²) in [6.45, 7) is -0.183. The molecular weight excluding hydrogens is 477 g/mol. The van der Waals surface area contributed by atoms with Gasteiger partial charge < -0.3 is 0 Å². The second-order valence-electron chi connectivity index (χ2n) is 7.63. The van der Waals surface area contributed by atoms with E-state index in [0.29, 0.717) is 22.8 Å². The molecule has 0 aliphatic carbocycles. The monoisotopic (exact) mass is 494 g/mol. The van der Waals surface area contributed by atoms with Crippen LogP contribution in [0.1, 0.15) is 5.56 Å². The molecule has 0 bridgehead atoms. The van der Waals surface area contributed by atoms with Crippen molar-refractivity contribution in [2.45, 2.75) is 11.4 Å². The molecule has 176 valence electrons. The topological polar surface area (TPSA) is 69.0 Å². The van der Waals surface area contributed by atoms with E-state index in [2.05, 4.69) is 16.9 Å². The Morgan fingerprint density at radius 2 is 1.51 bits per heavy atom. The van der Waals surface area contributed by atoms with Crippen molar-refractivity contribution in [2.24, 2.45) is 0 Å². The standard InChI is InChI=1S/C26H17F3N2O3S/c1-35(33,34)22-12-7-17(8-13-22)23-16-30-31(14-2-3-18-4-11-21(28)15-24(18)29)26(32)25(23)19-5-9-20(27)10-6-19/h4-13,15-16H,14H2,1H3. The number of hydrogen-bond acceptors (Lipinski definition) is 4. The molecule has 0 atom stereocenters. The van der Waals surface area contributed by atoms with Crippen molar-refractivity contribution < 1.29 is 21.6 Å². The lowest BCUT2D eigenvalue weighted by molar-refractivity contribution is 0.581. The summed E-state index contributed by atoms with van der Waals surface area (Å²) >= 11 is 0. The first-order chi connectivity index (χ1) is 16.6. The summed E-state index contributed by atoms with van der Waals surface area (Å²) in [5.74, 6) is 3.18. The van der Waals surface area contributed by atoms with E-state index < -0.39 is 32.8 Å². The number of benzene rings is 3. The Kier molecular flexibility index (Phi) is 6.58. The van der Waals surface area contributed by atoms with Crippen molar-refractivity contribution in [3.05, 3.63) is 106 Å². The van der Waals surface area contributed by atoms with Crippen molar-refractivity contribution in [3.63, 3.8) is 0 Å². The third-order valence-corrected chi connectivity index (χ3v) is 6.28. The number of rotatable bonds is 4. The van der Waals surface area contributed by atoms with Gasteiger partial charge in [0.2, 0.25) is 0 Å². The first-order valence-electron chi connectivity index (χ1n) is 10.2. The maximum Gasteiger partial charge on any atom is 0.276 e. The molecule has 1 aromatic heterocycles. The van der Waals surface area contributed by atoms with Gasteiger partial charge in [0.05, 0.1) is 22.2 Å². The number of nitrogens with zero attached hydrogens (tertiary/aromatic N) is 2. The molecule has 1 heterocycles. The van der Waals surface area contributed by atoms with Crippen LogP contribution in [0.2, 0.25) is 0 Å². The van der Waals surface area contributed by atoms with Crippen LogP contribution in [0, 0.1) is 29.3 Å². The Labute approximate surface area is 199 Å². The third kappa shape index (κ3) is 5.34. The molecule has 0 amide bonds. The second-order valence-corrected chi connectivity index (χ2v) is 9.64. The predicted molar refractivity (Wildman–Crippen MR) is 126 cm³/mol. The summed E-state index contributed by atoms with van der Waals surface area (Å²) in [7, 11) is -3.41. The van der Waals surface area contributed by atoms with Gasteiger partial charge >= 0.3 is 0 Å². The van der Waals surface area contributed by atoms with Gasteiger partial charge in [-0.3, -0.25) is 4.79 Å². The van der Waals surface area contributed by atoms with E-state index in [9.17, 15) is 26.4 Å². The molecule has 9 heteroatoms. The Morgan fingerprint density at radius 1 is 0.886 bits per heavy atom. The largest absolute Gasteiger partial charge is 0.276 e. The Bertz CT molecular complexity index is 1630. The molecule has 4 aromatic rings. The summed E-state index contributed by atoms with van der Waals surface area (Å²) in [6, 6.07) is 14.3. The molecule has 0 spiro atoms. The van der Waals surface area contributed by atoms with Crippen LogP contribution in [0.5, 0.6) is 0 Å². The van der Waals surface area contributed by atoms with Crippen molar-refractivity contribution in [2.75, 3.05) is 6.26 Å². The molecule has 0 saturated heterocycles. The molecule has 0 aliphatic rings. The van der Waals surface area contributed by atoms with Crippen molar-refractivity contribution in [1.29, 1.82) is 0 Å². The Balaban J connectivity index is 1.79. The van der Waals surface area contributed by atoms with Crippen LogP contribution in [-0.4, -0.2) is 24.5 Å². The molecule has 5 nitrogen and oxygen atoms in total. The fourth-order valence-electron chi connectivity index (χ4n) is 3.40. The average molecular weight is 494 g/mol. The zero-order chi connectivity index (χ0) is 25.2. The van der Waals surface area contributed by atoms with Crippen LogP contribution in [-0.2, 0) is 16.4 Å². The van der Waals surface area contributed by atoms with E-state index >= 15 is 0 Å². The number of halogens is 3. The van der Waals surface area contributed by atoms with Gasteiger partial charge in [-0.1, -0.05) is 36.1 Å². The zero-order valence-corrected chi connectivity index (χ0v) is 19.1. The van der Waals surface area contributed by atoms with E-state index in [4.69, 9.17) is 0 Å². The molecule has 0 fully saturated rings. The second kappa shape index (κ2) is 9.60. The van der Waals surface area contributed by atoms with Gasteiger partial charge in [-0.05, 0) is 47.5 Å². The minimum atomic E-state index is -3.41. The first-order valence-corrected chi connectivity index (χ1v) is 12.1. The fourth-order valence-corrected chi connectivity index (χ4v) is 4.03. The van der Waals surface area contributed by atoms with Crippen molar-refractivity contribution in [3.8, 4) is 34.1 Å². The van der Waals surface area contributed by atoms with E-state index in [1.807, 2.05) is 0 Å². The number of aromatic nitrogens is 2. The SMILES string of the molecule is CS(=O)(=O)c1ccc(-c2cnn(CC#Cc3ccc(F)cc3F)c(=O)c2-c2ccc(F)cc2)cc1. The van der Waals surface area contributed by atoms with E-state index in [1.54, 1.807) is 12.1 Å². The highest BCUT2D eigenvalue weighted by Crippen LogP contribution is 2.29. The molecule has 3 aromatic carbocycles. The van der Waals surface area contributed by atoms with Gasteiger partial charge in [0.1, 0.15) is 24.0 Å². The lowest BCUT2D eigenvalue weighted by Gasteiger charge is -2.12. The maximum absolute atomic E-state index is 13.8. The first kappa shape index (κ1) is 24.0. The Morgan fingerprint density at radius 3 is 2.14 bits per heavy atom. The van der Waals surface area contributed by atoms with Crippen LogP contribution < -0.4 is 5.56 Å². The van der Waals surface area contributed by atoms with Crippen molar-refractivity contribution in [1.82, 2.24) is 9.78 Å². The van der Waals surface area contributed by atoms with Gasteiger partial charge in [-0.15, -0.1) is 0 Å². The molecule has 0 unspecified atom stereocenters. The maximum atomic E-state index is 13.8. The van der Waals surface area contributed by atoms with Crippen molar-refractivity contribution >= 4 is 9.84 Å². The number of sulfone groups is 1. The van der Waals surface area contributed by atoms with E-state index in [-0.39, 0.29) is 22.6 Å².